The smallest absolute Gasteiger partial charge is 0.191 e. The van der Waals surface area contributed by atoms with Crippen LogP contribution in [0, 0.1) is 13.8 Å². The molecule has 8 heteroatoms. The van der Waals surface area contributed by atoms with Crippen LogP contribution in [-0.4, -0.2) is 46.9 Å². The normalized spacial score (nSPS) is 17.7. The third-order valence-electron chi connectivity index (χ3n) is 4.88. The van der Waals surface area contributed by atoms with E-state index in [0.717, 1.165) is 37.0 Å². The Balaban J connectivity index is 1.57. The lowest BCUT2D eigenvalue weighted by atomic mass is 10.2. The Labute approximate surface area is 159 Å². The van der Waals surface area contributed by atoms with Gasteiger partial charge in [0.2, 0.25) is 0 Å². The molecule has 0 saturated carbocycles. The summed E-state index contributed by atoms with van der Waals surface area (Å²) in [6.07, 6.45) is 2.79. The number of halogens is 1. The van der Waals surface area contributed by atoms with Crippen molar-refractivity contribution in [3.05, 3.63) is 40.3 Å². The zero-order valence-corrected chi connectivity index (χ0v) is 16.5. The van der Waals surface area contributed by atoms with E-state index in [0.29, 0.717) is 17.6 Å². The first kappa shape index (κ1) is 18.5. The monoisotopic (exact) mass is 375 g/mol. The summed E-state index contributed by atoms with van der Waals surface area (Å²) in [5, 5.41) is 12.1. The lowest BCUT2D eigenvalue weighted by Crippen LogP contribution is -2.44. The second kappa shape index (κ2) is 7.95. The topological polar surface area (TPSA) is 70.4 Å². The first-order valence-corrected chi connectivity index (χ1v) is 9.19. The fraction of sp³-hybridized carbons (Fsp3) is 0.500. The third kappa shape index (κ3) is 3.93. The van der Waals surface area contributed by atoms with Crippen LogP contribution in [0.2, 0.25) is 5.02 Å². The van der Waals surface area contributed by atoms with Crippen LogP contribution in [0.3, 0.4) is 0 Å². The molecule has 1 saturated heterocycles. The fourth-order valence-electron chi connectivity index (χ4n) is 3.31. The van der Waals surface area contributed by atoms with E-state index in [1.165, 1.54) is 11.3 Å². The average molecular weight is 376 g/mol. The van der Waals surface area contributed by atoms with Gasteiger partial charge in [0.05, 0.1) is 10.7 Å². The van der Waals surface area contributed by atoms with E-state index < -0.39 is 0 Å². The molecule has 0 aromatic carbocycles. The molecule has 26 heavy (non-hydrogen) atoms. The lowest BCUT2D eigenvalue weighted by Gasteiger charge is -2.20. The van der Waals surface area contributed by atoms with Crippen molar-refractivity contribution in [3.8, 4) is 0 Å². The van der Waals surface area contributed by atoms with Gasteiger partial charge < -0.3 is 15.5 Å². The molecule has 2 aromatic rings. The van der Waals surface area contributed by atoms with Crippen LogP contribution >= 0.6 is 11.6 Å². The number of guanidine groups is 1. The predicted molar refractivity (Wildman–Crippen MR) is 106 cm³/mol. The van der Waals surface area contributed by atoms with Gasteiger partial charge in [-0.3, -0.25) is 9.67 Å². The molecule has 1 aliphatic heterocycles. The third-order valence-corrected chi connectivity index (χ3v) is 5.18. The summed E-state index contributed by atoms with van der Waals surface area (Å²) in [5.74, 6) is 1.65. The molecule has 2 N–H and O–H groups in total. The molecule has 0 bridgehead atoms. The number of hydrogen-bond donors (Lipinski definition) is 2. The van der Waals surface area contributed by atoms with Gasteiger partial charge in [0.15, 0.2) is 5.96 Å². The number of hydrogen-bond acceptors (Lipinski definition) is 4. The number of nitrogens with one attached hydrogen (secondary N) is 2. The number of anilines is 1. The van der Waals surface area contributed by atoms with Gasteiger partial charge in [-0.25, -0.2) is 4.98 Å². The van der Waals surface area contributed by atoms with Crippen molar-refractivity contribution in [1.29, 1.82) is 0 Å². The highest BCUT2D eigenvalue weighted by Gasteiger charge is 2.25. The number of pyridine rings is 1. The summed E-state index contributed by atoms with van der Waals surface area (Å²) < 4.78 is 1.91. The number of aryl methyl sites for hydroxylation is 2. The van der Waals surface area contributed by atoms with Crippen LogP contribution in [-0.2, 0) is 13.6 Å². The molecule has 0 radical (unpaired) electrons. The van der Waals surface area contributed by atoms with E-state index in [-0.39, 0.29) is 0 Å². The Hall–Kier alpha value is -2.28. The lowest BCUT2D eigenvalue weighted by molar-refractivity contribution is 0.647. The highest BCUT2D eigenvalue weighted by molar-refractivity contribution is 6.32. The summed E-state index contributed by atoms with van der Waals surface area (Å²) in [4.78, 5) is 11.0. The summed E-state index contributed by atoms with van der Waals surface area (Å²) in [7, 11) is 3.76. The Bertz CT molecular complexity index is 799. The molecule has 1 atom stereocenters. The second-order valence-electron chi connectivity index (χ2n) is 6.58. The van der Waals surface area contributed by atoms with E-state index >= 15 is 0 Å². The van der Waals surface area contributed by atoms with Gasteiger partial charge in [0.1, 0.15) is 5.82 Å². The Morgan fingerprint density at radius 2 is 2.23 bits per heavy atom. The van der Waals surface area contributed by atoms with Crippen LogP contribution in [0.5, 0.6) is 0 Å². The van der Waals surface area contributed by atoms with Crippen molar-refractivity contribution < 1.29 is 0 Å². The minimum absolute atomic E-state index is 0.301. The molecule has 3 heterocycles. The first-order valence-electron chi connectivity index (χ1n) is 8.81. The van der Waals surface area contributed by atoms with Crippen LogP contribution < -0.4 is 15.5 Å². The van der Waals surface area contributed by atoms with E-state index in [1.807, 2.05) is 30.8 Å². The van der Waals surface area contributed by atoms with Gasteiger partial charge in [-0.1, -0.05) is 11.6 Å². The molecule has 7 nitrogen and oxygen atoms in total. The summed E-state index contributed by atoms with van der Waals surface area (Å²) in [5.41, 5.74) is 3.43. The largest absolute Gasteiger partial charge is 0.353 e. The van der Waals surface area contributed by atoms with Crippen LogP contribution in [0.1, 0.15) is 23.4 Å². The molecule has 0 spiro atoms. The quantitative estimate of drug-likeness (QED) is 0.632. The molecule has 140 valence electrons. The summed E-state index contributed by atoms with van der Waals surface area (Å²) in [6, 6.07) is 4.03. The number of aromatic nitrogens is 3. The molecule has 0 aliphatic carbocycles. The fourth-order valence-corrected chi connectivity index (χ4v) is 3.55. The van der Waals surface area contributed by atoms with E-state index in [2.05, 4.69) is 37.5 Å². The number of aliphatic imine (C=N–C) groups is 1. The van der Waals surface area contributed by atoms with Gasteiger partial charge >= 0.3 is 0 Å². The van der Waals surface area contributed by atoms with Gasteiger partial charge in [-0.05, 0) is 32.4 Å². The SMILES string of the molecule is CN=C(NCc1c(C)nn(C)c1C)NC1CCN(c2ncccc2Cl)C1. The van der Waals surface area contributed by atoms with Gasteiger partial charge in [-0.2, -0.15) is 5.10 Å². The van der Waals surface area contributed by atoms with E-state index in [9.17, 15) is 0 Å². The molecular weight excluding hydrogens is 350 g/mol. The molecule has 2 aromatic heterocycles. The number of nitrogens with zero attached hydrogens (tertiary/aromatic N) is 5. The highest BCUT2D eigenvalue weighted by Crippen LogP contribution is 2.25. The van der Waals surface area contributed by atoms with Gasteiger partial charge in [0.25, 0.3) is 0 Å². The second-order valence-corrected chi connectivity index (χ2v) is 6.99. The standard InChI is InChI=1S/C18H26ClN7/c1-12-15(13(2)25(4)24-12)10-22-18(20-3)23-14-7-9-26(11-14)17-16(19)6-5-8-21-17/h5-6,8,14H,7,9-11H2,1-4H3,(H2,20,22,23). The number of rotatable bonds is 4. The van der Waals surface area contributed by atoms with Crippen molar-refractivity contribution in [1.82, 2.24) is 25.4 Å². The van der Waals surface area contributed by atoms with Crippen molar-refractivity contribution >= 4 is 23.4 Å². The minimum atomic E-state index is 0.301. The zero-order valence-electron chi connectivity index (χ0n) is 15.8. The Kier molecular flexibility index (Phi) is 5.66. The minimum Gasteiger partial charge on any atom is -0.353 e. The average Bonchev–Trinajstić information content (AvgIpc) is 3.17. The first-order chi connectivity index (χ1) is 12.5. The van der Waals surface area contributed by atoms with Crippen molar-refractivity contribution in [2.24, 2.45) is 12.0 Å². The van der Waals surface area contributed by atoms with Crippen LogP contribution in [0.15, 0.2) is 23.3 Å². The summed E-state index contributed by atoms with van der Waals surface area (Å²) in [6.45, 7) is 6.59. The molecule has 1 unspecified atom stereocenters. The van der Waals surface area contributed by atoms with Gasteiger partial charge in [0, 0.05) is 57.2 Å². The Morgan fingerprint density at radius 1 is 1.42 bits per heavy atom. The van der Waals surface area contributed by atoms with Crippen LogP contribution in [0.4, 0.5) is 5.82 Å². The molecule has 1 aliphatic rings. The van der Waals surface area contributed by atoms with E-state index in [1.54, 1.807) is 13.2 Å². The summed E-state index contributed by atoms with van der Waals surface area (Å²) >= 11 is 6.27. The molecule has 0 amide bonds. The maximum absolute atomic E-state index is 6.27. The zero-order chi connectivity index (χ0) is 18.7. The van der Waals surface area contributed by atoms with Crippen molar-refractivity contribution in [2.45, 2.75) is 32.9 Å². The highest BCUT2D eigenvalue weighted by atomic mass is 35.5. The predicted octanol–water partition coefficient (Wildman–Crippen LogP) is 2.03. The van der Waals surface area contributed by atoms with Crippen molar-refractivity contribution in [2.75, 3.05) is 25.0 Å². The maximum atomic E-state index is 6.27. The molecule has 1 fully saturated rings. The molecular formula is C18H26ClN7. The van der Waals surface area contributed by atoms with Crippen LogP contribution in [0.25, 0.3) is 0 Å². The molecule has 3 rings (SSSR count). The van der Waals surface area contributed by atoms with Gasteiger partial charge in [-0.15, -0.1) is 0 Å². The Morgan fingerprint density at radius 3 is 2.88 bits per heavy atom. The van der Waals surface area contributed by atoms with Crippen molar-refractivity contribution in [3.63, 3.8) is 0 Å². The maximum Gasteiger partial charge on any atom is 0.191 e. The van der Waals surface area contributed by atoms with E-state index in [4.69, 9.17) is 11.6 Å².